The first-order valence-corrected chi connectivity index (χ1v) is 7.38. The van der Waals surface area contributed by atoms with Gasteiger partial charge in [-0.2, -0.15) is 0 Å². The van der Waals surface area contributed by atoms with E-state index in [1.54, 1.807) is 6.92 Å². The van der Waals surface area contributed by atoms with E-state index in [0.29, 0.717) is 17.6 Å². The molecule has 20 heavy (non-hydrogen) atoms. The number of carbonyl (C=O) groups is 2. The minimum atomic E-state index is -0.395. The highest BCUT2D eigenvalue weighted by Crippen LogP contribution is 2.26. The third-order valence-corrected chi connectivity index (χ3v) is 3.50. The second-order valence-electron chi connectivity index (χ2n) is 6.01. The molecule has 0 aromatic rings. The van der Waals surface area contributed by atoms with Gasteiger partial charge >= 0.3 is 5.97 Å². The summed E-state index contributed by atoms with van der Waals surface area (Å²) in [6, 6.07) is 0. The van der Waals surface area contributed by atoms with Crippen molar-refractivity contribution in [2.24, 2.45) is 5.41 Å². The molecular weight excluding hydrogens is 254 g/mol. The highest BCUT2D eigenvalue weighted by Gasteiger charge is 2.13. The fourth-order valence-electron chi connectivity index (χ4n) is 1.60. The molecule has 0 bridgehead atoms. The maximum absolute atomic E-state index is 11.3. The molecule has 0 aromatic heterocycles. The Bertz CT molecular complexity index is 340. The molecule has 1 N–H and O–H groups in total. The maximum Gasteiger partial charge on any atom is 0.325 e. The van der Waals surface area contributed by atoms with Gasteiger partial charge in [-0.25, -0.2) is 0 Å². The molecule has 0 aliphatic rings. The molecule has 118 valence electrons. The standard InChI is InChI=1S/C16H29NO3.H2/c1-6-16(4,5)10-8-7-9-11-20-14(18)12-17-15(19)13(2)3;/h2,6-12H2,1,3-5H3,(H,17,19);1H. The van der Waals surface area contributed by atoms with Crippen LogP contribution in [0.5, 0.6) is 0 Å². The first kappa shape index (κ1) is 18.7. The Kier molecular flexibility index (Phi) is 8.93. The number of hydrogen-bond donors (Lipinski definition) is 1. The molecule has 0 fully saturated rings. The molecule has 0 radical (unpaired) electrons. The molecule has 0 aliphatic carbocycles. The van der Waals surface area contributed by atoms with Crippen LogP contribution in [0, 0.1) is 5.41 Å². The van der Waals surface area contributed by atoms with Crippen molar-refractivity contribution >= 4 is 11.9 Å². The number of hydrogen-bond acceptors (Lipinski definition) is 3. The van der Waals surface area contributed by atoms with Crippen LogP contribution in [-0.2, 0) is 14.3 Å². The molecule has 0 unspecified atom stereocenters. The third kappa shape index (κ3) is 9.59. The van der Waals surface area contributed by atoms with Gasteiger partial charge in [0, 0.05) is 7.00 Å². The minimum Gasteiger partial charge on any atom is -0.464 e. The number of rotatable bonds is 10. The van der Waals surface area contributed by atoms with E-state index in [4.69, 9.17) is 4.74 Å². The monoisotopic (exact) mass is 285 g/mol. The number of unbranched alkanes of at least 4 members (excludes halogenated alkanes) is 2. The SMILES string of the molecule is C=C(C)C(=O)NCC(=O)OCCCCCC(C)(C)CC.[HH]. The van der Waals surface area contributed by atoms with Crippen LogP contribution in [0.25, 0.3) is 0 Å². The zero-order valence-corrected chi connectivity index (χ0v) is 13.4. The summed E-state index contributed by atoms with van der Waals surface area (Å²) in [7, 11) is 0. The summed E-state index contributed by atoms with van der Waals surface area (Å²) in [4.78, 5) is 22.5. The van der Waals surface area contributed by atoms with Crippen molar-refractivity contribution in [3.8, 4) is 0 Å². The second kappa shape index (κ2) is 9.56. The molecule has 0 saturated carbocycles. The van der Waals surface area contributed by atoms with Crippen molar-refractivity contribution in [3.05, 3.63) is 12.2 Å². The summed E-state index contributed by atoms with van der Waals surface area (Å²) in [5.74, 6) is -0.711. The molecule has 0 atom stereocenters. The largest absolute Gasteiger partial charge is 0.464 e. The van der Waals surface area contributed by atoms with E-state index in [1.807, 2.05) is 0 Å². The van der Waals surface area contributed by atoms with Gasteiger partial charge in [0.15, 0.2) is 0 Å². The molecule has 0 heterocycles. The number of amides is 1. The first-order chi connectivity index (χ1) is 9.28. The summed E-state index contributed by atoms with van der Waals surface area (Å²) in [6.07, 6.45) is 5.48. The van der Waals surface area contributed by atoms with Crippen molar-refractivity contribution in [2.45, 2.75) is 59.8 Å². The van der Waals surface area contributed by atoms with Crippen molar-refractivity contribution in [1.82, 2.24) is 5.32 Å². The van der Waals surface area contributed by atoms with Gasteiger partial charge in [0.2, 0.25) is 5.91 Å². The predicted molar refractivity (Wildman–Crippen MR) is 83.4 cm³/mol. The Labute approximate surface area is 124 Å². The molecule has 4 heteroatoms. The highest BCUT2D eigenvalue weighted by molar-refractivity contribution is 5.94. The van der Waals surface area contributed by atoms with Gasteiger partial charge < -0.3 is 10.1 Å². The van der Waals surface area contributed by atoms with Gasteiger partial charge in [-0.3, -0.25) is 9.59 Å². The van der Waals surface area contributed by atoms with E-state index in [0.717, 1.165) is 19.3 Å². The van der Waals surface area contributed by atoms with Crippen molar-refractivity contribution < 1.29 is 15.8 Å². The molecule has 0 spiro atoms. The van der Waals surface area contributed by atoms with Crippen LogP contribution in [0.2, 0.25) is 0 Å². The molecular formula is C16H31NO3. The quantitative estimate of drug-likeness (QED) is 0.380. The average molecular weight is 285 g/mol. The Morgan fingerprint density at radius 1 is 1.25 bits per heavy atom. The zero-order valence-electron chi connectivity index (χ0n) is 13.4. The first-order valence-electron chi connectivity index (χ1n) is 7.38. The van der Waals surface area contributed by atoms with Gasteiger partial charge in [-0.1, -0.05) is 46.6 Å². The fourth-order valence-corrected chi connectivity index (χ4v) is 1.60. The second-order valence-corrected chi connectivity index (χ2v) is 6.01. The van der Waals surface area contributed by atoms with Crippen LogP contribution in [-0.4, -0.2) is 25.0 Å². The average Bonchev–Trinajstić information content (AvgIpc) is 2.39. The lowest BCUT2D eigenvalue weighted by molar-refractivity contribution is -0.143. The van der Waals surface area contributed by atoms with Crippen LogP contribution >= 0.6 is 0 Å². The molecule has 0 saturated heterocycles. The van der Waals surface area contributed by atoms with Gasteiger partial charge in [0.25, 0.3) is 0 Å². The highest BCUT2D eigenvalue weighted by atomic mass is 16.5. The Morgan fingerprint density at radius 2 is 1.90 bits per heavy atom. The molecule has 4 nitrogen and oxygen atoms in total. The van der Waals surface area contributed by atoms with Gasteiger partial charge in [0.1, 0.15) is 6.54 Å². The van der Waals surface area contributed by atoms with Crippen LogP contribution in [0.3, 0.4) is 0 Å². The lowest BCUT2D eigenvalue weighted by Crippen LogP contribution is -2.31. The summed E-state index contributed by atoms with van der Waals surface area (Å²) >= 11 is 0. The number of nitrogens with one attached hydrogen (secondary N) is 1. The molecule has 0 aromatic carbocycles. The Hall–Kier alpha value is -1.32. The fraction of sp³-hybridized carbons (Fsp3) is 0.750. The summed E-state index contributed by atoms with van der Waals surface area (Å²) < 4.78 is 5.05. The zero-order chi connectivity index (χ0) is 15.6. The number of esters is 1. The predicted octanol–water partition coefficient (Wildman–Crippen LogP) is 3.46. The Morgan fingerprint density at radius 3 is 2.45 bits per heavy atom. The molecule has 0 rings (SSSR count). The summed E-state index contributed by atoms with van der Waals surface area (Å²) in [5, 5.41) is 2.45. The summed E-state index contributed by atoms with van der Waals surface area (Å²) in [5.41, 5.74) is 0.792. The van der Waals surface area contributed by atoms with Crippen LogP contribution in [0.15, 0.2) is 12.2 Å². The van der Waals surface area contributed by atoms with E-state index in [2.05, 4.69) is 32.7 Å². The summed E-state index contributed by atoms with van der Waals surface area (Å²) in [6.45, 7) is 12.2. The smallest absolute Gasteiger partial charge is 0.325 e. The van der Waals surface area contributed by atoms with E-state index in [-0.39, 0.29) is 13.9 Å². The van der Waals surface area contributed by atoms with E-state index < -0.39 is 5.97 Å². The van der Waals surface area contributed by atoms with Crippen molar-refractivity contribution in [2.75, 3.05) is 13.2 Å². The topological polar surface area (TPSA) is 55.4 Å². The third-order valence-electron chi connectivity index (χ3n) is 3.50. The maximum atomic E-state index is 11.3. The van der Waals surface area contributed by atoms with Gasteiger partial charge in [-0.15, -0.1) is 0 Å². The lowest BCUT2D eigenvalue weighted by Gasteiger charge is -2.22. The van der Waals surface area contributed by atoms with Crippen molar-refractivity contribution in [3.63, 3.8) is 0 Å². The van der Waals surface area contributed by atoms with E-state index in [1.165, 1.54) is 12.8 Å². The lowest BCUT2D eigenvalue weighted by atomic mass is 9.84. The van der Waals surface area contributed by atoms with Crippen LogP contribution in [0.1, 0.15) is 61.2 Å². The van der Waals surface area contributed by atoms with Crippen molar-refractivity contribution in [1.29, 1.82) is 0 Å². The number of carbonyl (C=O) groups excluding carboxylic acids is 2. The Balaban J connectivity index is 0. The minimum absolute atomic E-state index is 0. The van der Waals surface area contributed by atoms with Crippen LogP contribution in [0.4, 0.5) is 0 Å². The normalized spacial score (nSPS) is 11.0. The molecule has 0 aliphatic heterocycles. The number of ether oxygens (including phenoxy) is 1. The van der Waals surface area contributed by atoms with Gasteiger partial charge in [0.05, 0.1) is 6.61 Å². The molecule has 1 amide bonds. The van der Waals surface area contributed by atoms with E-state index >= 15 is 0 Å². The van der Waals surface area contributed by atoms with E-state index in [9.17, 15) is 9.59 Å². The van der Waals surface area contributed by atoms with Gasteiger partial charge in [-0.05, 0) is 25.2 Å². The van der Waals surface area contributed by atoms with Crippen LogP contribution < -0.4 is 5.32 Å².